The standard InChI is InChI=1S/C16H24F2N4O.HI/c1-16(2,3)22-14(23)10-21-15(19-4)20-8-7-11-5-6-12(17)9-13(11)18;/h5-6,9H,7-8,10H2,1-4H3,(H,22,23)(H2,19,20,21);1H. The lowest BCUT2D eigenvalue weighted by atomic mass is 10.1. The Balaban J connectivity index is 0.00000529. The molecule has 0 aliphatic rings. The molecule has 1 aromatic rings. The summed E-state index contributed by atoms with van der Waals surface area (Å²) in [5, 5.41) is 8.68. The highest BCUT2D eigenvalue weighted by molar-refractivity contribution is 14.0. The Morgan fingerprint density at radius 3 is 2.42 bits per heavy atom. The Hall–Kier alpha value is -1.45. The van der Waals surface area contributed by atoms with Gasteiger partial charge in [-0.1, -0.05) is 6.07 Å². The molecule has 0 fully saturated rings. The highest BCUT2D eigenvalue weighted by atomic mass is 127. The van der Waals surface area contributed by atoms with Gasteiger partial charge >= 0.3 is 0 Å². The lowest BCUT2D eigenvalue weighted by Crippen LogP contribution is -2.48. The normalized spacial score (nSPS) is 11.5. The summed E-state index contributed by atoms with van der Waals surface area (Å²) in [4.78, 5) is 15.7. The van der Waals surface area contributed by atoms with E-state index in [0.717, 1.165) is 6.07 Å². The molecule has 0 saturated heterocycles. The molecule has 0 spiro atoms. The number of amides is 1. The molecule has 0 saturated carbocycles. The number of aliphatic imine (C=N–C) groups is 1. The molecule has 136 valence electrons. The van der Waals surface area contributed by atoms with Gasteiger partial charge in [0.1, 0.15) is 11.6 Å². The first-order valence-electron chi connectivity index (χ1n) is 7.41. The first-order chi connectivity index (χ1) is 10.7. The second kappa shape index (κ2) is 10.4. The Kier molecular flexibility index (Phi) is 9.79. The minimum atomic E-state index is -0.596. The minimum absolute atomic E-state index is 0. The number of rotatable bonds is 5. The zero-order valence-electron chi connectivity index (χ0n) is 14.4. The molecule has 0 radical (unpaired) electrons. The van der Waals surface area contributed by atoms with E-state index in [-0.39, 0.29) is 42.0 Å². The Labute approximate surface area is 158 Å². The number of halogens is 3. The molecule has 1 aromatic carbocycles. The van der Waals surface area contributed by atoms with Crippen molar-refractivity contribution in [2.45, 2.75) is 32.7 Å². The van der Waals surface area contributed by atoms with E-state index in [1.807, 2.05) is 20.8 Å². The zero-order chi connectivity index (χ0) is 17.5. The predicted molar refractivity (Wildman–Crippen MR) is 103 cm³/mol. The van der Waals surface area contributed by atoms with Crippen LogP contribution in [0.4, 0.5) is 8.78 Å². The van der Waals surface area contributed by atoms with Crippen LogP contribution in [0.3, 0.4) is 0 Å². The summed E-state index contributed by atoms with van der Waals surface area (Å²) in [7, 11) is 1.58. The number of hydrogen-bond donors (Lipinski definition) is 3. The van der Waals surface area contributed by atoms with Gasteiger partial charge in [-0.05, 0) is 38.8 Å². The first-order valence-corrected chi connectivity index (χ1v) is 7.41. The molecule has 0 aliphatic carbocycles. The maximum absolute atomic E-state index is 13.5. The van der Waals surface area contributed by atoms with Crippen molar-refractivity contribution in [2.75, 3.05) is 20.1 Å². The third-order valence-electron chi connectivity index (χ3n) is 2.86. The van der Waals surface area contributed by atoms with Gasteiger partial charge in [0.2, 0.25) is 5.91 Å². The molecule has 5 nitrogen and oxygen atoms in total. The van der Waals surface area contributed by atoms with E-state index < -0.39 is 11.6 Å². The van der Waals surface area contributed by atoms with Crippen LogP contribution < -0.4 is 16.0 Å². The number of carbonyl (C=O) groups is 1. The van der Waals surface area contributed by atoms with Gasteiger partial charge in [-0.3, -0.25) is 9.79 Å². The maximum atomic E-state index is 13.5. The van der Waals surface area contributed by atoms with Crippen LogP contribution in [0.1, 0.15) is 26.3 Å². The quantitative estimate of drug-likeness (QED) is 0.363. The second-order valence-corrected chi connectivity index (χ2v) is 6.14. The molecule has 0 heterocycles. The maximum Gasteiger partial charge on any atom is 0.239 e. The molecule has 3 N–H and O–H groups in total. The van der Waals surface area contributed by atoms with Crippen LogP contribution in [0, 0.1) is 11.6 Å². The summed E-state index contributed by atoms with van der Waals surface area (Å²) in [5.41, 5.74) is 0.121. The molecule has 0 atom stereocenters. The van der Waals surface area contributed by atoms with E-state index in [0.29, 0.717) is 24.5 Å². The van der Waals surface area contributed by atoms with Crippen molar-refractivity contribution in [1.29, 1.82) is 0 Å². The van der Waals surface area contributed by atoms with Gasteiger partial charge < -0.3 is 16.0 Å². The molecule has 0 bridgehead atoms. The van der Waals surface area contributed by atoms with Crippen LogP contribution in [-0.4, -0.2) is 37.5 Å². The molecular weight excluding hydrogens is 429 g/mol. The highest BCUT2D eigenvalue weighted by Gasteiger charge is 2.13. The SMILES string of the molecule is CN=C(NCCc1ccc(F)cc1F)NCC(=O)NC(C)(C)C.I. The highest BCUT2D eigenvalue weighted by Crippen LogP contribution is 2.09. The van der Waals surface area contributed by atoms with Gasteiger partial charge in [-0.25, -0.2) is 8.78 Å². The summed E-state index contributed by atoms with van der Waals surface area (Å²) >= 11 is 0. The van der Waals surface area contributed by atoms with Gasteiger partial charge in [0.25, 0.3) is 0 Å². The number of nitrogens with one attached hydrogen (secondary N) is 3. The van der Waals surface area contributed by atoms with E-state index >= 15 is 0 Å². The summed E-state index contributed by atoms with van der Waals surface area (Å²) in [5.74, 6) is -0.873. The van der Waals surface area contributed by atoms with Gasteiger partial charge in [0, 0.05) is 25.2 Å². The van der Waals surface area contributed by atoms with Crippen molar-refractivity contribution < 1.29 is 13.6 Å². The van der Waals surface area contributed by atoms with Gasteiger partial charge in [-0.15, -0.1) is 24.0 Å². The van der Waals surface area contributed by atoms with E-state index in [4.69, 9.17) is 0 Å². The molecule has 24 heavy (non-hydrogen) atoms. The molecule has 0 aromatic heterocycles. The summed E-state index contributed by atoms with van der Waals surface area (Å²) in [6.45, 7) is 6.19. The largest absolute Gasteiger partial charge is 0.356 e. The van der Waals surface area contributed by atoms with E-state index in [1.54, 1.807) is 7.05 Å². The van der Waals surface area contributed by atoms with Gasteiger partial charge in [0.15, 0.2) is 5.96 Å². The van der Waals surface area contributed by atoms with Crippen LogP contribution in [-0.2, 0) is 11.2 Å². The third-order valence-corrected chi connectivity index (χ3v) is 2.86. The molecule has 8 heteroatoms. The monoisotopic (exact) mass is 454 g/mol. The van der Waals surface area contributed by atoms with Crippen molar-refractivity contribution in [3.8, 4) is 0 Å². The number of benzene rings is 1. The fourth-order valence-corrected chi connectivity index (χ4v) is 1.89. The van der Waals surface area contributed by atoms with E-state index in [9.17, 15) is 13.6 Å². The van der Waals surface area contributed by atoms with Crippen molar-refractivity contribution in [3.05, 3.63) is 35.4 Å². The molecule has 0 unspecified atom stereocenters. The third kappa shape index (κ3) is 8.99. The topological polar surface area (TPSA) is 65.5 Å². The molecular formula is C16H25F2IN4O. The molecule has 1 amide bonds. The Morgan fingerprint density at radius 2 is 1.88 bits per heavy atom. The number of carbonyl (C=O) groups excluding carboxylic acids is 1. The summed E-state index contributed by atoms with van der Waals surface area (Å²) in [6, 6.07) is 3.50. The van der Waals surface area contributed by atoms with Crippen molar-refractivity contribution in [2.24, 2.45) is 4.99 Å². The van der Waals surface area contributed by atoms with Crippen LogP contribution in [0.25, 0.3) is 0 Å². The van der Waals surface area contributed by atoms with E-state index in [2.05, 4.69) is 20.9 Å². The lowest BCUT2D eigenvalue weighted by molar-refractivity contribution is -0.121. The summed E-state index contributed by atoms with van der Waals surface area (Å²) in [6.07, 6.45) is 0.376. The second-order valence-electron chi connectivity index (χ2n) is 6.14. The number of hydrogen-bond acceptors (Lipinski definition) is 2. The molecule has 1 rings (SSSR count). The van der Waals surface area contributed by atoms with Crippen LogP contribution in [0.2, 0.25) is 0 Å². The fraction of sp³-hybridized carbons (Fsp3) is 0.500. The van der Waals surface area contributed by atoms with Crippen molar-refractivity contribution in [3.63, 3.8) is 0 Å². The van der Waals surface area contributed by atoms with Crippen molar-refractivity contribution in [1.82, 2.24) is 16.0 Å². The van der Waals surface area contributed by atoms with Crippen LogP contribution in [0.5, 0.6) is 0 Å². The van der Waals surface area contributed by atoms with Gasteiger partial charge in [0.05, 0.1) is 6.54 Å². The predicted octanol–water partition coefficient (Wildman–Crippen LogP) is 2.21. The van der Waals surface area contributed by atoms with Crippen LogP contribution in [0.15, 0.2) is 23.2 Å². The minimum Gasteiger partial charge on any atom is -0.356 e. The van der Waals surface area contributed by atoms with Gasteiger partial charge in [-0.2, -0.15) is 0 Å². The van der Waals surface area contributed by atoms with Crippen LogP contribution >= 0.6 is 24.0 Å². The average Bonchev–Trinajstić information content (AvgIpc) is 2.42. The van der Waals surface area contributed by atoms with E-state index in [1.165, 1.54) is 12.1 Å². The zero-order valence-corrected chi connectivity index (χ0v) is 16.7. The Bertz CT molecular complexity index is 574. The smallest absolute Gasteiger partial charge is 0.239 e. The number of nitrogens with zero attached hydrogens (tertiary/aromatic N) is 1. The average molecular weight is 454 g/mol. The summed E-state index contributed by atoms with van der Waals surface area (Å²) < 4.78 is 26.3. The fourth-order valence-electron chi connectivity index (χ4n) is 1.89. The van der Waals surface area contributed by atoms with Crippen molar-refractivity contribution >= 4 is 35.8 Å². The lowest BCUT2D eigenvalue weighted by Gasteiger charge is -2.21. The Morgan fingerprint density at radius 1 is 1.21 bits per heavy atom. The molecule has 0 aliphatic heterocycles. The number of guanidine groups is 1. The first kappa shape index (κ1) is 22.6.